The SMILES string of the molecule is CCc1c(Cl)[nH]c(=O)n(-c2cccc(C)c2C)c1=O. The number of halogens is 1. The molecular weight excluding hydrogens is 264 g/mol. The summed E-state index contributed by atoms with van der Waals surface area (Å²) in [5.41, 5.74) is 2.07. The van der Waals surface area contributed by atoms with Gasteiger partial charge in [-0.2, -0.15) is 0 Å². The van der Waals surface area contributed by atoms with E-state index in [-0.39, 0.29) is 10.7 Å². The molecule has 0 aliphatic carbocycles. The van der Waals surface area contributed by atoms with Crippen LogP contribution >= 0.6 is 11.6 Å². The predicted molar refractivity (Wildman–Crippen MR) is 76.5 cm³/mol. The molecule has 0 radical (unpaired) electrons. The molecule has 1 aromatic carbocycles. The zero-order chi connectivity index (χ0) is 14.2. The number of aryl methyl sites for hydroxylation is 1. The lowest BCUT2D eigenvalue weighted by Gasteiger charge is -2.12. The standard InChI is InChI=1S/C14H15ClN2O2/c1-4-10-12(15)16-14(19)17(13(10)18)11-7-5-6-8(2)9(11)3/h5-7H,4H2,1-3H3,(H,16,19). The molecule has 1 aromatic heterocycles. The monoisotopic (exact) mass is 278 g/mol. The van der Waals surface area contributed by atoms with E-state index in [0.29, 0.717) is 17.7 Å². The third-order valence-corrected chi connectivity index (χ3v) is 3.64. The number of hydrogen-bond donors (Lipinski definition) is 1. The molecule has 0 aliphatic heterocycles. The van der Waals surface area contributed by atoms with Gasteiger partial charge in [-0.3, -0.25) is 9.78 Å². The second-order valence-corrected chi connectivity index (χ2v) is 4.81. The van der Waals surface area contributed by atoms with E-state index in [1.165, 1.54) is 0 Å². The van der Waals surface area contributed by atoms with Crippen LogP contribution < -0.4 is 11.2 Å². The average molecular weight is 279 g/mol. The average Bonchev–Trinajstić information content (AvgIpc) is 2.34. The molecule has 1 N–H and O–H groups in total. The molecule has 0 saturated heterocycles. The van der Waals surface area contributed by atoms with Crippen LogP contribution in [-0.2, 0) is 6.42 Å². The second kappa shape index (κ2) is 5.05. The van der Waals surface area contributed by atoms with Gasteiger partial charge in [-0.25, -0.2) is 9.36 Å². The van der Waals surface area contributed by atoms with Gasteiger partial charge in [0.15, 0.2) is 0 Å². The van der Waals surface area contributed by atoms with Crippen molar-refractivity contribution in [3.63, 3.8) is 0 Å². The number of benzene rings is 1. The molecule has 0 unspecified atom stereocenters. The molecule has 2 rings (SSSR count). The molecule has 5 heteroatoms. The Hall–Kier alpha value is -1.81. The van der Waals surface area contributed by atoms with Gasteiger partial charge in [0.25, 0.3) is 5.56 Å². The highest BCUT2D eigenvalue weighted by molar-refractivity contribution is 6.30. The number of rotatable bonds is 2. The van der Waals surface area contributed by atoms with Gasteiger partial charge in [0, 0.05) is 0 Å². The van der Waals surface area contributed by atoms with E-state index in [4.69, 9.17) is 11.6 Å². The summed E-state index contributed by atoms with van der Waals surface area (Å²) in [5, 5.41) is 0.124. The normalized spacial score (nSPS) is 10.7. The number of aromatic amines is 1. The van der Waals surface area contributed by atoms with Crippen LogP contribution in [0.5, 0.6) is 0 Å². The minimum Gasteiger partial charge on any atom is -0.297 e. The molecule has 1 heterocycles. The molecule has 0 fully saturated rings. The van der Waals surface area contributed by atoms with Crippen LogP contribution in [-0.4, -0.2) is 9.55 Å². The summed E-state index contributed by atoms with van der Waals surface area (Å²) in [5.74, 6) is 0. The number of H-pyrrole nitrogens is 1. The van der Waals surface area contributed by atoms with Crippen molar-refractivity contribution < 1.29 is 0 Å². The van der Waals surface area contributed by atoms with E-state index in [9.17, 15) is 9.59 Å². The highest BCUT2D eigenvalue weighted by atomic mass is 35.5. The number of nitrogens with one attached hydrogen (secondary N) is 1. The molecule has 0 amide bonds. The summed E-state index contributed by atoms with van der Waals surface area (Å²) in [6.45, 7) is 5.65. The smallest absolute Gasteiger partial charge is 0.297 e. The maximum Gasteiger partial charge on any atom is 0.334 e. The Morgan fingerprint density at radius 3 is 2.58 bits per heavy atom. The zero-order valence-corrected chi connectivity index (χ0v) is 11.8. The lowest BCUT2D eigenvalue weighted by molar-refractivity contribution is 0.835. The quantitative estimate of drug-likeness (QED) is 0.858. The Bertz CT molecular complexity index is 744. The van der Waals surface area contributed by atoms with Gasteiger partial charge >= 0.3 is 5.69 Å². The molecule has 0 spiro atoms. The lowest BCUT2D eigenvalue weighted by atomic mass is 10.1. The van der Waals surface area contributed by atoms with Gasteiger partial charge in [-0.15, -0.1) is 0 Å². The van der Waals surface area contributed by atoms with E-state index in [0.717, 1.165) is 15.7 Å². The topological polar surface area (TPSA) is 54.9 Å². The van der Waals surface area contributed by atoms with Crippen LogP contribution in [0.15, 0.2) is 27.8 Å². The molecule has 100 valence electrons. The van der Waals surface area contributed by atoms with Gasteiger partial charge in [0.2, 0.25) is 0 Å². The third kappa shape index (κ3) is 2.24. The van der Waals surface area contributed by atoms with E-state index in [1.54, 1.807) is 6.07 Å². The Labute approximate surface area is 115 Å². The molecule has 2 aromatic rings. The molecular formula is C14H15ClN2O2. The summed E-state index contributed by atoms with van der Waals surface area (Å²) >= 11 is 5.90. The Balaban J connectivity index is 2.88. The van der Waals surface area contributed by atoms with Crippen molar-refractivity contribution in [2.24, 2.45) is 0 Å². The number of hydrogen-bond acceptors (Lipinski definition) is 2. The minimum atomic E-state index is -0.513. The van der Waals surface area contributed by atoms with Crippen molar-refractivity contribution in [1.82, 2.24) is 9.55 Å². The Morgan fingerprint density at radius 1 is 1.26 bits per heavy atom. The van der Waals surface area contributed by atoms with Crippen molar-refractivity contribution in [2.45, 2.75) is 27.2 Å². The van der Waals surface area contributed by atoms with Crippen molar-refractivity contribution in [3.8, 4) is 5.69 Å². The van der Waals surface area contributed by atoms with Gasteiger partial charge in [-0.1, -0.05) is 30.7 Å². The molecule has 0 aliphatic rings. The Morgan fingerprint density at radius 2 is 1.95 bits per heavy atom. The van der Waals surface area contributed by atoms with Gasteiger partial charge in [0.1, 0.15) is 5.15 Å². The summed E-state index contributed by atoms with van der Waals surface area (Å²) in [4.78, 5) is 26.9. The molecule has 0 saturated carbocycles. The van der Waals surface area contributed by atoms with Crippen LogP contribution in [0.4, 0.5) is 0 Å². The fourth-order valence-electron chi connectivity index (χ4n) is 2.05. The first-order chi connectivity index (χ1) is 8.97. The first-order valence-corrected chi connectivity index (χ1v) is 6.45. The minimum absolute atomic E-state index is 0.124. The zero-order valence-electron chi connectivity index (χ0n) is 11.1. The maximum atomic E-state index is 12.4. The second-order valence-electron chi connectivity index (χ2n) is 4.44. The fourth-order valence-corrected chi connectivity index (χ4v) is 2.34. The van der Waals surface area contributed by atoms with Gasteiger partial charge in [-0.05, 0) is 37.5 Å². The first kappa shape index (κ1) is 13.6. The van der Waals surface area contributed by atoms with Crippen LogP contribution in [0.2, 0.25) is 5.15 Å². The molecule has 4 nitrogen and oxygen atoms in total. The highest BCUT2D eigenvalue weighted by Crippen LogP contribution is 2.15. The fraction of sp³-hybridized carbons (Fsp3) is 0.286. The van der Waals surface area contributed by atoms with E-state index in [1.807, 2.05) is 32.9 Å². The van der Waals surface area contributed by atoms with Gasteiger partial charge in [0.05, 0.1) is 11.3 Å². The molecule has 0 bridgehead atoms. The highest BCUT2D eigenvalue weighted by Gasteiger charge is 2.14. The van der Waals surface area contributed by atoms with E-state index < -0.39 is 5.69 Å². The first-order valence-electron chi connectivity index (χ1n) is 6.07. The maximum absolute atomic E-state index is 12.4. The summed E-state index contributed by atoms with van der Waals surface area (Å²) < 4.78 is 1.15. The molecule has 19 heavy (non-hydrogen) atoms. The van der Waals surface area contributed by atoms with Crippen molar-refractivity contribution >= 4 is 11.6 Å². The van der Waals surface area contributed by atoms with Gasteiger partial charge < -0.3 is 0 Å². The van der Waals surface area contributed by atoms with Crippen LogP contribution in [0, 0.1) is 13.8 Å². The third-order valence-electron chi connectivity index (χ3n) is 3.32. The van der Waals surface area contributed by atoms with Crippen molar-refractivity contribution in [1.29, 1.82) is 0 Å². The summed E-state index contributed by atoms with van der Waals surface area (Å²) in [6, 6.07) is 5.52. The van der Waals surface area contributed by atoms with Crippen LogP contribution in [0.25, 0.3) is 5.69 Å². The van der Waals surface area contributed by atoms with E-state index >= 15 is 0 Å². The summed E-state index contributed by atoms with van der Waals surface area (Å²) in [6.07, 6.45) is 0.472. The predicted octanol–water partition coefficient (Wildman–Crippen LogP) is 2.36. The molecule has 0 atom stereocenters. The lowest BCUT2D eigenvalue weighted by Crippen LogP contribution is -2.36. The Kier molecular flexibility index (Phi) is 3.62. The van der Waals surface area contributed by atoms with E-state index in [2.05, 4.69) is 4.98 Å². The van der Waals surface area contributed by atoms with Crippen molar-refractivity contribution in [3.05, 3.63) is 60.9 Å². The number of nitrogens with zero attached hydrogens (tertiary/aromatic N) is 1. The van der Waals surface area contributed by atoms with Crippen molar-refractivity contribution in [2.75, 3.05) is 0 Å². The largest absolute Gasteiger partial charge is 0.334 e. The summed E-state index contributed by atoms with van der Waals surface area (Å²) in [7, 11) is 0. The van der Waals surface area contributed by atoms with Crippen LogP contribution in [0.3, 0.4) is 0 Å². The van der Waals surface area contributed by atoms with Crippen LogP contribution in [0.1, 0.15) is 23.6 Å². The number of aromatic nitrogens is 2.